The lowest BCUT2D eigenvalue weighted by atomic mass is 10.0. The summed E-state index contributed by atoms with van der Waals surface area (Å²) in [5.41, 5.74) is 3.30. The van der Waals surface area contributed by atoms with Crippen molar-refractivity contribution in [2.24, 2.45) is 0 Å². The fourth-order valence-corrected chi connectivity index (χ4v) is 2.17. The Morgan fingerprint density at radius 1 is 1.47 bits per heavy atom. The van der Waals surface area contributed by atoms with E-state index in [0.717, 1.165) is 29.7 Å². The van der Waals surface area contributed by atoms with Crippen molar-refractivity contribution < 1.29 is 4.79 Å². The van der Waals surface area contributed by atoms with E-state index in [0.29, 0.717) is 6.42 Å². The quantitative estimate of drug-likeness (QED) is 0.725. The molecule has 1 heterocycles. The molecule has 88 valence electrons. The van der Waals surface area contributed by atoms with Crippen molar-refractivity contribution in [3.05, 3.63) is 54.3 Å². The summed E-state index contributed by atoms with van der Waals surface area (Å²) in [5, 5.41) is 0. The molecule has 0 N–H and O–H groups in total. The fraction of sp³-hybridized carbons (Fsp3) is 0.267. The summed E-state index contributed by atoms with van der Waals surface area (Å²) in [6, 6.07) is 6.12. The summed E-state index contributed by atoms with van der Waals surface area (Å²) in [4.78, 5) is 13.7. The molecule has 2 heteroatoms. The summed E-state index contributed by atoms with van der Waals surface area (Å²) in [6.07, 6.45) is 8.04. The van der Waals surface area contributed by atoms with E-state index < -0.39 is 0 Å². The maximum Gasteiger partial charge on any atom is 0.231 e. The highest BCUT2D eigenvalue weighted by atomic mass is 16.2. The van der Waals surface area contributed by atoms with Gasteiger partial charge < -0.3 is 0 Å². The number of hydrogen-bond donors (Lipinski definition) is 0. The van der Waals surface area contributed by atoms with E-state index in [1.54, 1.807) is 4.90 Å². The van der Waals surface area contributed by atoms with Crippen molar-refractivity contribution in [2.45, 2.75) is 26.2 Å². The standard InChI is InChI=1S/C15H17NO/c1-3-7-13-9-6-8-12(2)15(13)16-11-5-4-10-14(16)17/h3,5-6,8-9,11H,1,4,7,10H2,2H3. The Morgan fingerprint density at radius 2 is 2.29 bits per heavy atom. The van der Waals surface area contributed by atoms with Gasteiger partial charge in [0, 0.05) is 12.6 Å². The van der Waals surface area contributed by atoms with Crippen LogP contribution in [-0.4, -0.2) is 5.91 Å². The minimum atomic E-state index is 0.173. The topological polar surface area (TPSA) is 20.3 Å². The Kier molecular flexibility index (Phi) is 3.43. The number of carbonyl (C=O) groups excluding carboxylic acids is 1. The van der Waals surface area contributed by atoms with E-state index in [1.807, 2.05) is 37.4 Å². The highest BCUT2D eigenvalue weighted by molar-refractivity contribution is 5.97. The molecule has 1 aliphatic rings. The Bertz CT molecular complexity index is 474. The first-order valence-electron chi connectivity index (χ1n) is 5.92. The van der Waals surface area contributed by atoms with Crippen LogP contribution in [0.25, 0.3) is 0 Å². The molecule has 0 saturated heterocycles. The molecule has 0 aliphatic carbocycles. The lowest BCUT2D eigenvalue weighted by Gasteiger charge is -2.25. The van der Waals surface area contributed by atoms with Crippen LogP contribution >= 0.6 is 0 Å². The second-order valence-electron chi connectivity index (χ2n) is 4.26. The van der Waals surface area contributed by atoms with E-state index in [1.165, 1.54) is 0 Å². The molecular weight excluding hydrogens is 210 g/mol. The first-order valence-corrected chi connectivity index (χ1v) is 5.92. The Labute approximate surface area is 102 Å². The molecule has 0 radical (unpaired) electrons. The summed E-state index contributed by atoms with van der Waals surface area (Å²) >= 11 is 0. The molecule has 0 aromatic heterocycles. The van der Waals surface area contributed by atoms with Crippen molar-refractivity contribution in [2.75, 3.05) is 4.90 Å². The average Bonchev–Trinajstić information content (AvgIpc) is 2.31. The lowest BCUT2D eigenvalue weighted by Crippen LogP contribution is -2.28. The monoisotopic (exact) mass is 227 g/mol. The number of carbonyl (C=O) groups is 1. The number of para-hydroxylation sites is 1. The van der Waals surface area contributed by atoms with Crippen molar-refractivity contribution in [1.29, 1.82) is 0 Å². The van der Waals surface area contributed by atoms with Crippen molar-refractivity contribution in [3.8, 4) is 0 Å². The molecule has 0 bridgehead atoms. The van der Waals surface area contributed by atoms with Crippen molar-refractivity contribution >= 4 is 11.6 Å². The van der Waals surface area contributed by atoms with Gasteiger partial charge in [0.05, 0.1) is 5.69 Å². The third-order valence-corrected chi connectivity index (χ3v) is 2.97. The number of anilines is 1. The SMILES string of the molecule is C=CCc1cccc(C)c1N1C=CCCC1=O. The van der Waals surface area contributed by atoms with Crippen LogP contribution in [0.1, 0.15) is 24.0 Å². The fourth-order valence-electron chi connectivity index (χ4n) is 2.17. The predicted octanol–water partition coefficient (Wildman–Crippen LogP) is 3.36. The predicted molar refractivity (Wildman–Crippen MR) is 70.9 cm³/mol. The van der Waals surface area contributed by atoms with Gasteiger partial charge in [-0.2, -0.15) is 0 Å². The zero-order valence-corrected chi connectivity index (χ0v) is 10.1. The molecule has 17 heavy (non-hydrogen) atoms. The molecule has 1 aromatic carbocycles. The summed E-state index contributed by atoms with van der Waals surface area (Å²) in [7, 11) is 0. The van der Waals surface area contributed by atoms with Crippen molar-refractivity contribution in [1.82, 2.24) is 0 Å². The first kappa shape index (κ1) is 11.6. The number of nitrogens with zero attached hydrogens (tertiary/aromatic N) is 1. The molecule has 0 saturated carbocycles. The maximum absolute atomic E-state index is 12.0. The van der Waals surface area contributed by atoms with Crippen LogP contribution in [0.2, 0.25) is 0 Å². The van der Waals surface area contributed by atoms with Crippen LogP contribution in [0.4, 0.5) is 5.69 Å². The second kappa shape index (κ2) is 5.00. The molecule has 0 unspecified atom stereocenters. The van der Waals surface area contributed by atoms with Gasteiger partial charge in [-0.05, 0) is 30.9 Å². The Hall–Kier alpha value is -1.83. The number of hydrogen-bond acceptors (Lipinski definition) is 1. The van der Waals surface area contributed by atoms with E-state index >= 15 is 0 Å². The van der Waals surface area contributed by atoms with Gasteiger partial charge in [0.2, 0.25) is 5.91 Å². The van der Waals surface area contributed by atoms with Gasteiger partial charge in [0.25, 0.3) is 0 Å². The van der Waals surface area contributed by atoms with Gasteiger partial charge in [0.1, 0.15) is 0 Å². The minimum Gasteiger partial charge on any atom is -0.288 e. The lowest BCUT2D eigenvalue weighted by molar-refractivity contribution is -0.118. The van der Waals surface area contributed by atoms with Crippen LogP contribution in [0.15, 0.2) is 43.1 Å². The van der Waals surface area contributed by atoms with Crippen molar-refractivity contribution in [3.63, 3.8) is 0 Å². The molecular formula is C15H17NO. The third-order valence-electron chi connectivity index (χ3n) is 2.97. The first-order chi connectivity index (χ1) is 8.24. The molecule has 0 spiro atoms. The summed E-state index contributed by atoms with van der Waals surface area (Å²) in [5.74, 6) is 0.173. The summed E-state index contributed by atoms with van der Waals surface area (Å²) in [6.45, 7) is 5.81. The highest BCUT2D eigenvalue weighted by Gasteiger charge is 2.19. The van der Waals surface area contributed by atoms with E-state index in [9.17, 15) is 4.79 Å². The molecule has 1 aromatic rings. The Balaban J connectivity index is 2.48. The van der Waals surface area contributed by atoms with E-state index in [2.05, 4.69) is 12.6 Å². The maximum atomic E-state index is 12.0. The zero-order valence-electron chi connectivity index (χ0n) is 10.1. The van der Waals surface area contributed by atoms with Crippen LogP contribution in [0, 0.1) is 6.92 Å². The second-order valence-corrected chi connectivity index (χ2v) is 4.26. The van der Waals surface area contributed by atoms with Crippen LogP contribution in [-0.2, 0) is 11.2 Å². The van der Waals surface area contributed by atoms with Crippen LogP contribution < -0.4 is 4.90 Å². The minimum absolute atomic E-state index is 0.173. The smallest absolute Gasteiger partial charge is 0.231 e. The van der Waals surface area contributed by atoms with Gasteiger partial charge in [0.15, 0.2) is 0 Å². The largest absolute Gasteiger partial charge is 0.288 e. The van der Waals surface area contributed by atoms with Gasteiger partial charge in [-0.15, -0.1) is 6.58 Å². The average molecular weight is 227 g/mol. The number of allylic oxidation sites excluding steroid dienone is 2. The van der Waals surface area contributed by atoms with Gasteiger partial charge in [-0.1, -0.05) is 30.4 Å². The number of benzene rings is 1. The van der Waals surface area contributed by atoms with E-state index in [-0.39, 0.29) is 5.91 Å². The number of aryl methyl sites for hydroxylation is 1. The Morgan fingerprint density at radius 3 is 3.00 bits per heavy atom. The highest BCUT2D eigenvalue weighted by Crippen LogP contribution is 2.28. The van der Waals surface area contributed by atoms with E-state index in [4.69, 9.17) is 0 Å². The third kappa shape index (κ3) is 2.31. The van der Waals surface area contributed by atoms with Gasteiger partial charge in [-0.25, -0.2) is 0 Å². The molecule has 2 rings (SSSR count). The number of amides is 1. The van der Waals surface area contributed by atoms with Gasteiger partial charge >= 0.3 is 0 Å². The van der Waals surface area contributed by atoms with Gasteiger partial charge in [-0.3, -0.25) is 9.69 Å². The molecule has 1 aliphatic heterocycles. The molecule has 0 fully saturated rings. The van der Waals surface area contributed by atoms with Crippen LogP contribution in [0.3, 0.4) is 0 Å². The van der Waals surface area contributed by atoms with Crippen LogP contribution in [0.5, 0.6) is 0 Å². The molecule has 1 amide bonds. The normalized spacial score (nSPS) is 15.1. The zero-order chi connectivity index (χ0) is 12.3. The number of rotatable bonds is 3. The summed E-state index contributed by atoms with van der Waals surface area (Å²) < 4.78 is 0. The molecule has 0 atom stereocenters. The molecule has 2 nitrogen and oxygen atoms in total.